The van der Waals surface area contributed by atoms with Crippen LogP contribution in [0.15, 0.2) is 29.6 Å². The van der Waals surface area contributed by atoms with Crippen molar-refractivity contribution in [1.29, 1.82) is 0 Å². The van der Waals surface area contributed by atoms with Gasteiger partial charge >= 0.3 is 0 Å². The van der Waals surface area contributed by atoms with Crippen molar-refractivity contribution in [1.82, 2.24) is 5.32 Å². The molecule has 0 radical (unpaired) electrons. The van der Waals surface area contributed by atoms with Gasteiger partial charge in [-0.25, -0.2) is 4.39 Å². The number of hydrogen-bond donors (Lipinski definition) is 1. The number of benzene rings is 1. The first-order chi connectivity index (χ1) is 8.74. The molecule has 2 fully saturated rings. The van der Waals surface area contributed by atoms with Crippen LogP contribution in [0.3, 0.4) is 0 Å². The predicted octanol–water partition coefficient (Wildman–Crippen LogP) is 3.98. The van der Waals surface area contributed by atoms with Gasteiger partial charge in [0.1, 0.15) is 5.67 Å². The van der Waals surface area contributed by atoms with E-state index in [9.17, 15) is 0 Å². The van der Waals surface area contributed by atoms with Crippen molar-refractivity contribution in [2.75, 3.05) is 0 Å². The maximum Gasteiger partial charge on any atom is 0.140 e. The van der Waals surface area contributed by atoms with E-state index < -0.39 is 5.67 Å². The summed E-state index contributed by atoms with van der Waals surface area (Å²) in [6.07, 6.45) is 3.55. The lowest BCUT2D eigenvalue weighted by atomic mass is 9.83. The Kier molecular flexibility index (Phi) is 2.30. The molecular weight excluding hydrogens is 245 g/mol. The molecule has 1 aromatic carbocycles. The Hall–Kier alpha value is -0.930. The lowest BCUT2D eigenvalue weighted by molar-refractivity contribution is 0.0891. The molecule has 3 heteroatoms. The molecule has 0 saturated carbocycles. The topological polar surface area (TPSA) is 12.0 Å². The van der Waals surface area contributed by atoms with Crippen LogP contribution in [-0.4, -0.2) is 12.1 Å². The van der Waals surface area contributed by atoms with E-state index >= 15 is 4.39 Å². The van der Waals surface area contributed by atoms with Crippen LogP contribution in [0.4, 0.5) is 4.39 Å². The maximum atomic E-state index is 15.4. The summed E-state index contributed by atoms with van der Waals surface area (Å²) in [6.45, 7) is 0. The SMILES string of the molecule is FC1(c2cccc3ccsc23)CC2CCC(C1)N2. The summed E-state index contributed by atoms with van der Waals surface area (Å²) in [7, 11) is 0. The average molecular weight is 261 g/mol. The Labute approximate surface area is 110 Å². The molecule has 2 aliphatic rings. The molecule has 1 nitrogen and oxygen atoms in total. The Bertz CT molecular complexity index is 579. The van der Waals surface area contributed by atoms with E-state index in [1.807, 2.05) is 12.1 Å². The molecule has 0 spiro atoms. The van der Waals surface area contributed by atoms with Gasteiger partial charge in [-0.1, -0.05) is 18.2 Å². The van der Waals surface area contributed by atoms with Crippen LogP contribution < -0.4 is 5.32 Å². The van der Waals surface area contributed by atoms with E-state index in [1.54, 1.807) is 11.3 Å². The monoisotopic (exact) mass is 261 g/mol. The number of piperidine rings is 1. The molecule has 3 heterocycles. The lowest BCUT2D eigenvalue weighted by Gasteiger charge is -2.35. The Morgan fingerprint density at radius 3 is 2.72 bits per heavy atom. The van der Waals surface area contributed by atoms with Crippen molar-refractivity contribution in [2.24, 2.45) is 0 Å². The van der Waals surface area contributed by atoms with Crippen molar-refractivity contribution >= 4 is 21.4 Å². The molecule has 2 aromatic rings. The van der Waals surface area contributed by atoms with Gasteiger partial charge in [0.05, 0.1) is 0 Å². The van der Waals surface area contributed by atoms with Gasteiger partial charge in [0.2, 0.25) is 0 Å². The molecule has 2 atom stereocenters. The van der Waals surface area contributed by atoms with Crippen LogP contribution in [0, 0.1) is 0 Å². The van der Waals surface area contributed by atoms with Crippen LogP contribution in [0.5, 0.6) is 0 Å². The van der Waals surface area contributed by atoms with Crippen molar-refractivity contribution in [3.05, 3.63) is 35.2 Å². The zero-order valence-electron chi connectivity index (χ0n) is 10.2. The fourth-order valence-corrected chi connectivity index (χ4v) is 4.66. The van der Waals surface area contributed by atoms with Crippen molar-refractivity contribution in [3.63, 3.8) is 0 Å². The fourth-order valence-electron chi connectivity index (χ4n) is 3.65. The van der Waals surface area contributed by atoms with Crippen LogP contribution in [0.25, 0.3) is 10.1 Å². The summed E-state index contributed by atoms with van der Waals surface area (Å²) in [5.41, 5.74) is -0.199. The molecule has 2 unspecified atom stereocenters. The minimum absolute atomic E-state index is 0.379. The van der Waals surface area contributed by atoms with Gasteiger partial charge in [-0.3, -0.25) is 0 Å². The highest BCUT2D eigenvalue weighted by molar-refractivity contribution is 7.17. The number of halogens is 1. The zero-order chi connectivity index (χ0) is 12.2. The van der Waals surface area contributed by atoms with Crippen LogP contribution in [-0.2, 0) is 5.67 Å². The van der Waals surface area contributed by atoms with Gasteiger partial charge in [-0.05, 0) is 29.7 Å². The van der Waals surface area contributed by atoms with E-state index in [4.69, 9.17) is 0 Å². The molecule has 0 aliphatic carbocycles. The molecule has 94 valence electrons. The van der Waals surface area contributed by atoms with Gasteiger partial charge in [0, 0.05) is 35.2 Å². The second kappa shape index (κ2) is 3.78. The van der Waals surface area contributed by atoms with Crippen LogP contribution >= 0.6 is 11.3 Å². The van der Waals surface area contributed by atoms with Crippen LogP contribution in [0.2, 0.25) is 0 Å². The quantitative estimate of drug-likeness (QED) is 0.818. The standard InChI is InChI=1S/C15H16FNS/c16-15(8-11-4-5-12(9-15)17-11)13-3-1-2-10-6-7-18-14(10)13/h1-3,6-7,11-12,17H,4-5,8-9H2. The third-order valence-corrected chi connectivity index (χ3v) is 5.40. The second-order valence-electron chi connectivity index (χ2n) is 5.66. The van der Waals surface area contributed by atoms with Gasteiger partial charge in [-0.15, -0.1) is 11.3 Å². The highest BCUT2D eigenvalue weighted by Crippen LogP contribution is 2.46. The maximum absolute atomic E-state index is 15.4. The molecule has 2 aliphatic heterocycles. The summed E-state index contributed by atoms with van der Waals surface area (Å²) in [5, 5.41) is 6.76. The first-order valence-electron chi connectivity index (χ1n) is 6.66. The van der Waals surface area contributed by atoms with Gasteiger partial charge in [0.25, 0.3) is 0 Å². The van der Waals surface area contributed by atoms with Crippen molar-refractivity contribution in [2.45, 2.75) is 43.4 Å². The molecule has 0 amide bonds. The fraction of sp³-hybridized carbons (Fsp3) is 0.467. The Morgan fingerprint density at radius 2 is 1.94 bits per heavy atom. The molecule has 2 bridgehead atoms. The first kappa shape index (κ1) is 10.9. The smallest absolute Gasteiger partial charge is 0.140 e. The van der Waals surface area contributed by atoms with E-state index in [0.717, 1.165) is 23.1 Å². The van der Waals surface area contributed by atoms with Crippen molar-refractivity contribution in [3.8, 4) is 0 Å². The second-order valence-corrected chi connectivity index (χ2v) is 6.57. The molecule has 1 aromatic heterocycles. The van der Waals surface area contributed by atoms with E-state index in [2.05, 4.69) is 22.8 Å². The van der Waals surface area contributed by atoms with E-state index in [1.165, 1.54) is 5.39 Å². The Balaban J connectivity index is 1.84. The highest BCUT2D eigenvalue weighted by Gasteiger charge is 2.45. The number of nitrogens with one attached hydrogen (secondary N) is 1. The number of fused-ring (bicyclic) bond motifs is 3. The van der Waals surface area contributed by atoms with E-state index in [0.29, 0.717) is 24.9 Å². The summed E-state index contributed by atoms with van der Waals surface area (Å²) < 4.78 is 16.6. The van der Waals surface area contributed by atoms with Crippen molar-refractivity contribution < 1.29 is 4.39 Å². The summed E-state index contributed by atoms with van der Waals surface area (Å²) in [4.78, 5) is 0. The normalized spacial score (nSPS) is 35.2. The molecular formula is C15H16FNS. The van der Waals surface area contributed by atoms with Gasteiger partial charge < -0.3 is 5.32 Å². The number of hydrogen-bond acceptors (Lipinski definition) is 2. The van der Waals surface area contributed by atoms with E-state index in [-0.39, 0.29) is 0 Å². The molecule has 18 heavy (non-hydrogen) atoms. The summed E-state index contributed by atoms with van der Waals surface area (Å²) in [6, 6.07) is 8.91. The largest absolute Gasteiger partial charge is 0.311 e. The average Bonchev–Trinajstić information content (AvgIpc) is 2.95. The third-order valence-electron chi connectivity index (χ3n) is 4.44. The minimum atomic E-state index is -1.12. The minimum Gasteiger partial charge on any atom is -0.311 e. The molecule has 4 rings (SSSR count). The lowest BCUT2D eigenvalue weighted by Crippen LogP contribution is -2.44. The summed E-state index contributed by atoms with van der Waals surface area (Å²) >= 11 is 1.67. The summed E-state index contributed by atoms with van der Waals surface area (Å²) in [5.74, 6) is 0. The number of thiophene rings is 1. The third kappa shape index (κ3) is 1.54. The predicted molar refractivity (Wildman–Crippen MR) is 73.8 cm³/mol. The van der Waals surface area contributed by atoms with Gasteiger partial charge in [0.15, 0.2) is 0 Å². The Morgan fingerprint density at radius 1 is 1.17 bits per heavy atom. The van der Waals surface area contributed by atoms with Gasteiger partial charge in [-0.2, -0.15) is 0 Å². The molecule has 1 N–H and O–H groups in total. The number of rotatable bonds is 1. The highest BCUT2D eigenvalue weighted by atomic mass is 32.1. The zero-order valence-corrected chi connectivity index (χ0v) is 11.0. The van der Waals surface area contributed by atoms with Crippen LogP contribution in [0.1, 0.15) is 31.2 Å². The number of alkyl halides is 1. The first-order valence-corrected chi connectivity index (χ1v) is 7.54. The molecule has 2 saturated heterocycles.